The van der Waals surface area contributed by atoms with Crippen molar-refractivity contribution in [1.82, 2.24) is 0 Å². The number of nitrogens with one attached hydrogen (secondary N) is 1. The van der Waals surface area contributed by atoms with Crippen LogP contribution in [-0.4, -0.2) is 17.9 Å². The lowest BCUT2D eigenvalue weighted by atomic mass is 10.2. The molecule has 1 amide bonds. The van der Waals surface area contributed by atoms with E-state index in [0.717, 1.165) is 5.56 Å². The molecule has 0 atom stereocenters. The van der Waals surface area contributed by atoms with Crippen molar-refractivity contribution in [3.63, 3.8) is 0 Å². The lowest BCUT2D eigenvalue weighted by Gasteiger charge is -2.11. The first kappa shape index (κ1) is 17.5. The molecule has 0 saturated heterocycles. The van der Waals surface area contributed by atoms with Gasteiger partial charge >= 0.3 is 0 Å². The van der Waals surface area contributed by atoms with Crippen LogP contribution in [0.3, 0.4) is 0 Å². The number of hydrogen-bond acceptors (Lipinski definition) is 4. The van der Waals surface area contributed by atoms with Gasteiger partial charge in [-0.2, -0.15) is 0 Å². The number of anilines is 1. The third-order valence-electron chi connectivity index (χ3n) is 3.25. The Kier molecular flexibility index (Phi) is 5.55. The summed E-state index contributed by atoms with van der Waals surface area (Å²) in [4.78, 5) is 22.3. The number of hydrogen-bond donors (Lipinski definition) is 1. The van der Waals surface area contributed by atoms with Crippen molar-refractivity contribution in [3.8, 4) is 5.75 Å². The predicted octanol–water partition coefficient (Wildman–Crippen LogP) is 4.22. The summed E-state index contributed by atoms with van der Waals surface area (Å²) in [7, 11) is 1.48. The Balaban J connectivity index is 2.15. The van der Waals surface area contributed by atoms with Crippen LogP contribution in [0.1, 0.15) is 11.1 Å². The van der Waals surface area contributed by atoms with Crippen LogP contribution in [0, 0.1) is 17.0 Å². The summed E-state index contributed by atoms with van der Waals surface area (Å²) in [6.07, 6.45) is 2.79. The molecule has 0 aliphatic heterocycles. The molecule has 0 aliphatic carbocycles. The molecule has 0 unspecified atom stereocenters. The number of amides is 1. The number of aryl methyl sites for hydroxylation is 1. The van der Waals surface area contributed by atoms with Crippen molar-refractivity contribution < 1.29 is 14.5 Å². The molecule has 6 nitrogen and oxygen atoms in total. The number of halogens is 1. The topological polar surface area (TPSA) is 81.5 Å². The summed E-state index contributed by atoms with van der Waals surface area (Å²) in [6, 6.07) is 9.33. The van der Waals surface area contributed by atoms with E-state index in [1.165, 1.54) is 31.4 Å². The van der Waals surface area contributed by atoms with Gasteiger partial charge in [0.15, 0.2) is 0 Å². The molecular weight excluding hydrogens is 332 g/mol. The SMILES string of the molecule is COc1cc(Cl)c(C)cc1NC(=O)/C=C/c1cccc([N+](=O)[O-])c1. The lowest BCUT2D eigenvalue weighted by Crippen LogP contribution is -2.09. The van der Waals surface area contributed by atoms with E-state index in [0.29, 0.717) is 22.0 Å². The van der Waals surface area contributed by atoms with Gasteiger partial charge in [-0.05, 0) is 30.2 Å². The minimum atomic E-state index is -0.487. The van der Waals surface area contributed by atoms with E-state index >= 15 is 0 Å². The molecule has 2 rings (SSSR count). The lowest BCUT2D eigenvalue weighted by molar-refractivity contribution is -0.384. The highest BCUT2D eigenvalue weighted by atomic mass is 35.5. The summed E-state index contributed by atoms with van der Waals surface area (Å²) in [5.74, 6) is 0.0595. The highest BCUT2D eigenvalue weighted by molar-refractivity contribution is 6.31. The fraction of sp³-hybridized carbons (Fsp3) is 0.118. The van der Waals surface area contributed by atoms with Gasteiger partial charge in [0.25, 0.3) is 5.69 Å². The Morgan fingerprint density at radius 1 is 1.33 bits per heavy atom. The zero-order chi connectivity index (χ0) is 17.7. The van der Waals surface area contributed by atoms with E-state index in [2.05, 4.69) is 5.32 Å². The third-order valence-corrected chi connectivity index (χ3v) is 3.65. The maximum Gasteiger partial charge on any atom is 0.270 e. The molecular formula is C17H15ClN2O4. The molecule has 124 valence electrons. The fourth-order valence-corrected chi connectivity index (χ4v) is 2.17. The molecule has 7 heteroatoms. The molecule has 0 fully saturated rings. The van der Waals surface area contributed by atoms with Crippen molar-refractivity contribution in [3.05, 3.63) is 68.7 Å². The van der Waals surface area contributed by atoms with Gasteiger partial charge in [0.1, 0.15) is 5.75 Å². The van der Waals surface area contributed by atoms with Crippen molar-refractivity contribution in [2.45, 2.75) is 6.92 Å². The van der Waals surface area contributed by atoms with E-state index in [4.69, 9.17) is 16.3 Å². The minimum Gasteiger partial charge on any atom is -0.495 e. The number of carbonyl (C=O) groups is 1. The molecule has 0 heterocycles. The monoisotopic (exact) mass is 346 g/mol. The molecule has 2 aromatic carbocycles. The number of nitrogens with zero attached hydrogens (tertiary/aromatic N) is 1. The van der Waals surface area contributed by atoms with Crippen LogP contribution in [0.4, 0.5) is 11.4 Å². The van der Waals surface area contributed by atoms with Crippen LogP contribution < -0.4 is 10.1 Å². The van der Waals surface area contributed by atoms with Crippen LogP contribution in [0.5, 0.6) is 5.75 Å². The van der Waals surface area contributed by atoms with Crippen molar-refractivity contribution in [2.75, 3.05) is 12.4 Å². The molecule has 0 saturated carbocycles. The van der Waals surface area contributed by atoms with Gasteiger partial charge in [0.05, 0.1) is 17.7 Å². The molecule has 0 aromatic heterocycles. The van der Waals surface area contributed by atoms with Crippen molar-refractivity contribution >= 4 is 35.0 Å². The second-order valence-corrected chi connectivity index (χ2v) is 5.38. The van der Waals surface area contributed by atoms with E-state index in [1.54, 1.807) is 24.3 Å². The number of benzene rings is 2. The second-order valence-electron chi connectivity index (χ2n) is 4.98. The van der Waals surface area contributed by atoms with E-state index in [9.17, 15) is 14.9 Å². The van der Waals surface area contributed by atoms with Crippen LogP contribution in [-0.2, 0) is 4.79 Å². The first-order valence-electron chi connectivity index (χ1n) is 6.98. The molecule has 0 aliphatic rings. The smallest absolute Gasteiger partial charge is 0.270 e. The summed E-state index contributed by atoms with van der Waals surface area (Å²) in [5.41, 5.74) is 1.81. The standard InChI is InChI=1S/C17H15ClN2O4/c1-11-8-15(16(24-2)10-14(11)18)19-17(21)7-6-12-4-3-5-13(9-12)20(22)23/h3-10H,1-2H3,(H,19,21)/b7-6+. The zero-order valence-corrected chi connectivity index (χ0v) is 13.8. The van der Waals surface area contributed by atoms with Crippen LogP contribution in [0.15, 0.2) is 42.5 Å². The number of non-ortho nitro benzene ring substituents is 1. The first-order valence-corrected chi connectivity index (χ1v) is 7.36. The average Bonchev–Trinajstić information content (AvgIpc) is 2.56. The minimum absolute atomic E-state index is 0.0347. The summed E-state index contributed by atoms with van der Waals surface area (Å²) in [5, 5.41) is 14.0. The van der Waals surface area contributed by atoms with Gasteiger partial charge in [-0.15, -0.1) is 0 Å². The quantitative estimate of drug-likeness (QED) is 0.499. The Labute approximate surface area is 143 Å². The van der Waals surface area contributed by atoms with Gasteiger partial charge in [-0.1, -0.05) is 23.7 Å². The van der Waals surface area contributed by atoms with Crippen molar-refractivity contribution in [2.24, 2.45) is 0 Å². The van der Waals surface area contributed by atoms with Gasteiger partial charge < -0.3 is 10.1 Å². The Hall–Kier alpha value is -2.86. The maximum absolute atomic E-state index is 12.0. The predicted molar refractivity (Wildman–Crippen MR) is 93.5 cm³/mol. The van der Waals surface area contributed by atoms with Crippen LogP contribution >= 0.6 is 11.6 Å². The summed E-state index contributed by atoms with van der Waals surface area (Å²) >= 11 is 6.02. The van der Waals surface area contributed by atoms with E-state index in [-0.39, 0.29) is 11.6 Å². The Bertz CT molecular complexity index is 818. The molecule has 2 aromatic rings. The normalized spacial score (nSPS) is 10.6. The highest BCUT2D eigenvalue weighted by Crippen LogP contribution is 2.30. The van der Waals surface area contributed by atoms with Crippen LogP contribution in [0.2, 0.25) is 5.02 Å². The number of methoxy groups -OCH3 is 1. The highest BCUT2D eigenvalue weighted by Gasteiger charge is 2.09. The summed E-state index contributed by atoms with van der Waals surface area (Å²) in [6.45, 7) is 1.82. The molecule has 0 bridgehead atoms. The largest absolute Gasteiger partial charge is 0.495 e. The molecule has 0 radical (unpaired) electrons. The van der Waals surface area contributed by atoms with E-state index < -0.39 is 4.92 Å². The van der Waals surface area contributed by atoms with Gasteiger partial charge in [-0.3, -0.25) is 14.9 Å². The number of rotatable bonds is 5. The molecule has 24 heavy (non-hydrogen) atoms. The van der Waals surface area contributed by atoms with Gasteiger partial charge in [-0.25, -0.2) is 0 Å². The Morgan fingerprint density at radius 3 is 2.75 bits per heavy atom. The van der Waals surface area contributed by atoms with Crippen LogP contribution in [0.25, 0.3) is 6.08 Å². The number of nitro groups is 1. The first-order chi connectivity index (χ1) is 11.4. The van der Waals surface area contributed by atoms with Crippen molar-refractivity contribution in [1.29, 1.82) is 0 Å². The maximum atomic E-state index is 12.0. The summed E-state index contributed by atoms with van der Waals surface area (Å²) < 4.78 is 5.19. The number of carbonyl (C=O) groups excluding carboxylic acids is 1. The Morgan fingerprint density at radius 2 is 2.08 bits per heavy atom. The molecule has 0 spiro atoms. The average molecular weight is 347 g/mol. The van der Waals surface area contributed by atoms with E-state index in [1.807, 2.05) is 6.92 Å². The van der Waals surface area contributed by atoms with Gasteiger partial charge in [0.2, 0.25) is 5.91 Å². The third kappa shape index (κ3) is 4.33. The fourth-order valence-electron chi connectivity index (χ4n) is 2.02. The molecule has 1 N–H and O–H groups in total. The van der Waals surface area contributed by atoms with Gasteiger partial charge in [0, 0.05) is 29.3 Å². The number of nitro benzene ring substituents is 1. The second kappa shape index (κ2) is 7.61. The zero-order valence-electron chi connectivity index (χ0n) is 13.1. The number of ether oxygens (including phenoxy) is 1.